The number of hydrogen-bond acceptors (Lipinski definition) is 8. The largest absolute Gasteiger partial charge is 0.481 e. The number of nitriles is 1. The standard InChI is InChI=1S/C21H25N5O4S2/c1-13-14(11-16-20(30)26(21(31)32-16)6-4-5-17(27)28)18(24(3)19(29)15(13)12-22)25-9-7-23(2)8-10-25/h11H,4-10H2,1-3H3,(H,27,28)/b16-11+. The molecule has 0 saturated carbocycles. The van der Waals surface area contributed by atoms with Gasteiger partial charge in [0.25, 0.3) is 11.5 Å². The van der Waals surface area contributed by atoms with Crippen LogP contribution in [0.2, 0.25) is 0 Å². The van der Waals surface area contributed by atoms with Gasteiger partial charge >= 0.3 is 5.97 Å². The third-order valence-corrected chi connectivity index (χ3v) is 7.07. The molecule has 11 heteroatoms. The van der Waals surface area contributed by atoms with Gasteiger partial charge in [-0.15, -0.1) is 0 Å². The first kappa shape index (κ1) is 24.0. The van der Waals surface area contributed by atoms with Crippen LogP contribution in [0.4, 0.5) is 5.82 Å². The van der Waals surface area contributed by atoms with Gasteiger partial charge in [-0.2, -0.15) is 5.26 Å². The fourth-order valence-electron chi connectivity index (χ4n) is 3.82. The summed E-state index contributed by atoms with van der Waals surface area (Å²) in [7, 11) is 3.68. The fraction of sp³-hybridized carbons (Fsp3) is 0.476. The van der Waals surface area contributed by atoms with E-state index in [1.807, 2.05) is 13.1 Å². The smallest absolute Gasteiger partial charge is 0.303 e. The minimum atomic E-state index is -0.923. The second kappa shape index (κ2) is 9.85. The van der Waals surface area contributed by atoms with E-state index in [2.05, 4.69) is 9.80 Å². The van der Waals surface area contributed by atoms with Crippen molar-refractivity contribution in [2.75, 3.05) is 44.7 Å². The molecule has 0 spiro atoms. The molecular formula is C21H25N5O4S2. The molecule has 0 unspecified atom stereocenters. The quantitative estimate of drug-likeness (QED) is 0.482. The minimum Gasteiger partial charge on any atom is -0.481 e. The predicted molar refractivity (Wildman–Crippen MR) is 128 cm³/mol. The van der Waals surface area contributed by atoms with Gasteiger partial charge in [-0.1, -0.05) is 24.0 Å². The zero-order valence-corrected chi connectivity index (χ0v) is 19.9. The Kier molecular flexibility index (Phi) is 7.38. The Balaban J connectivity index is 2.04. The number of carboxylic acids is 1. The molecule has 170 valence electrons. The van der Waals surface area contributed by atoms with Crippen molar-refractivity contribution < 1.29 is 14.7 Å². The number of carboxylic acid groups (broad SMARTS) is 1. The van der Waals surface area contributed by atoms with Crippen molar-refractivity contribution in [3.8, 4) is 6.07 Å². The Bertz CT molecular complexity index is 1100. The number of amides is 1. The molecule has 2 saturated heterocycles. The molecule has 1 amide bonds. The molecule has 0 radical (unpaired) electrons. The van der Waals surface area contributed by atoms with Crippen molar-refractivity contribution >= 4 is 52.1 Å². The van der Waals surface area contributed by atoms with Crippen LogP contribution in [0.15, 0.2) is 9.70 Å². The van der Waals surface area contributed by atoms with Gasteiger partial charge in [-0.3, -0.25) is 23.9 Å². The predicted octanol–water partition coefficient (Wildman–Crippen LogP) is 1.38. The molecule has 1 aromatic heterocycles. The van der Waals surface area contributed by atoms with E-state index in [0.29, 0.717) is 45.7 Å². The van der Waals surface area contributed by atoms with Gasteiger partial charge in [-0.05, 0) is 32.0 Å². The molecule has 0 aromatic carbocycles. The highest BCUT2D eigenvalue weighted by Crippen LogP contribution is 2.36. The summed E-state index contributed by atoms with van der Waals surface area (Å²) in [5, 5.41) is 18.4. The average molecular weight is 476 g/mol. The Morgan fingerprint density at radius 1 is 1.25 bits per heavy atom. The van der Waals surface area contributed by atoms with Gasteiger partial charge in [-0.25, -0.2) is 0 Å². The third-order valence-electron chi connectivity index (χ3n) is 5.69. The Hall–Kier alpha value is -2.68. The van der Waals surface area contributed by atoms with Gasteiger partial charge in [0.2, 0.25) is 0 Å². The summed E-state index contributed by atoms with van der Waals surface area (Å²) in [5.74, 6) is -0.537. The monoisotopic (exact) mass is 475 g/mol. The van der Waals surface area contributed by atoms with Crippen LogP contribution in [-0.4, -0.2) is 75.4 Å². The van der Waals surface area contributed by atoms with E-state index >= 15 is 0 Å². The number of anilines is 1. The van der Waals surface area contributed by atoms with E-state index < -0.39 is 5.97 Å². The third kappa shape index (κ3) is 4.72. The van der Waals surface area contributed by atoms with Crippen LogP contribution in [0, 0.1) is 18.3 Å². The molecule has 0 bridgehead atoms. The molecule has 3 rings (SSSR count). The summed E-state index contributed by atoms with van der Waals surface area (Å²) in [5.41, 5.74) is 0.866. The van der Waals surface area contributed by atoms with E-state index in [1.54, 1.807) is 20.0 Å². The maximum absolute atomic E-state index is 13.0. The van der Waals surface area contributed by atoms with E-state index in [9.17, 15) is 19.6 Å². The lowest BCUT2D eigenvalue weighted by atomic mass is 10.0. The van der Waals surface area contributed by atoms with E-state index in [4.69, 9.17) is 17.3 Å². The average Bonchev–Trinajstić information content (AvgIpc) is 3.01. The normalized spacial score (nSPS) is 18.5. The van der Waals surface area contributed by atoms with Crippen molar-refractivity contribution in [3.05, 3.63) is 31.9 Å². The number of pyridine rings is 1. The molecule has 0 aliphatic carbocycles. The molecule has 3 heterocycles. The van der Waals surface area contributed by atoms with Gasteiger partial charge in [0, 0.05) is 51.8 Å². The molecule has 1 N–H and O–H groups in total. The summed E-state index contributed by atoms with van der Waals surface area (Å²) in [4.78, 5) is 42.7. The molecule has 1 aromatic rings. The maximum atomic E-state index is 13.0. The number of piperazine rings is 1. The van der Waals surface area contributed by atoms with Gasteiger partial charge in [0.15, 0.2) is 0 Å². The fourth-order valence-corrected chi connectivity index (χ4v) is 5.12. The first-order valence-corrected chi connectivity index (χ1v) is 11.4. The summed E-state index contributed by atoms with van der Waals surface area (Å²) < 4.78 is 1.85. The first-order chi connectivity index (χ1) is 15.1. The van der Waals surface area contributed by atoms with Crippen LogP contribution in [0.5, 0.6) is 0 Å². The zero-order valence-electron chi connectivity index (χ0n) is 18.3. The summed E-state index contributed by atoms with van der Waals surface area (Å²) in [6, 6.07) is 2.00. The van der Waals surface area contributed by atoms with Gasteiger partial charge in [0.05, 0.1) is 4.91 Å². The van der Waals surface area contributed by atoms with Crippen molar-refractivity contribution in [1.29, 1.82) is 5.26 Å². The highest BCUT2D eigenvalue weighted by Gasteiger charge is 2.33. The minimum absolute atomic E-state index is 0.0465. The van der Waals surface area contributed by atoms with Crippen LogP contribution in [-0.2, 0) is 16.6 Å². The van der Waals surface area contributed by atoms with E-state index in [1.165, 1.54) is 9.47 Å². The van der Waals surface area contributed by atoms with Crippen LogP contribution >= 0.6 is 24.0 Å². The van der Waals surface area contributed by atoms with Crippen LogP contribution in [0.1, 0.15) is 29.5 Å². The molecule has 9 nitrogen and oxygen atoms in total. The van der Waals surface area contributed by atoms with Crippen LogP contribution in [0.25, 0.3) is 6.08 Å². The van der Waals surface area contributed by atoms with Gasteiger partial charge < -0.3 is 14.9 Å². The number of nitrogens with zero attached hydrogens (tertiary/aromatic N) is 5. The Morgan fingerprint density at radius 3 is 2.50 bits per heavy atom. The molecule has 2 fully saturated rings. The van der Waals surface area contributed by atoms with Crippen molar-refractivity contribution in [3.63, 3.8) is 0 Å². The number of hydrogen-bond donors (Lipinski definition) is 1. The molecule has 32 heavy (non-hydrogen) atoms. The van der Waals surface area contributed by atoms with Crippen LogP contribution in [0.3, 0.4) is 0 Å². The summed E-state index contributed by atoms with van der Waals surface area (Å²) >= 11 is 6.49. The lowest BCUT2D eigenvalue weighted by molar-refractivity contribution is -0.137. The lowest BCUT2D eigenvalue weighted by Gasteiger charge is -2.36. The highest BCUT2D eigenvalue weighted by atomic mass is 32.2. The van der Waals surface area contributed by atoms with Crippen molar-refractivity contribution in [2.24, 2.45) is 7.05 Å². The molecule has 0 atom stereocenters. The number of thioether (sulfide) groups is 1. The maximum Gasteiger partial charge on any atom is 0.303 e. The number of thiocarbonyl (C=S) groups is 1. The summed E-state index contributed by atoms with van der Waals surface area (Å²) in [6.45, 7) is 5.04. The lowest BCUT2D eigenvalue weighted by Crippen LogP contribution is -2.46. The number of carbonyl (C=O) groups excluding carboxylic acids is 1. The SMILES string of the molecule is Cc1c(/C=C2/SC(=S)N(CCCC(=O)O)C2=O)c(N2CCN(C)CC2)n(C)c(=O)c1C#N. The number of aromatic nitrogens is 1. The number of rotatable bonds is 6. The van der Waals surface area contributed by atoms with E-state index in [0.717, 1.165) is 24.9 Å². The molecule has 2 aliphatic heterocycles. The highest BCUT2D eigenvalue weighted by molar-refractivity contribution is 8.26. The second-order valence-electron chi connectivity index (χ2n) is 7.83. The number of aliphatic carboxylic acids is 1. The van der Waals surface area contributed by atoms with Gasteiger partial charge in [0.1, 0.15) is 21.8 Å². The summed E-state index contributed by atoms with van der Waals surface area (Å²) in [6.07, 6.45) is 1.97. The molecule has 2 aliphatic rings. The van der Waals surface area contributed by atoms with E-state index in [-0.39, 0.29) is 30.0 Å². The number of carbonyl (C=O) groups is 2. The Morgan fingerprint density at radius 2 is 1.91 bits per heavy atom. The van der Waals surface area contributed by atoms with Crippen LogP contribution < -0.4 is 10.5 Å². The topological polar surface area (TPSA) is 110 Å². The second-order valence-corrected chi connectivity index (χ2v) is 9.51. The molecular weight excluding hydrogens is 450 g/mol. The Labute approximate surface area is 195 Å². The zero-order chi connectivity index (χ0) is 23.6. The van der Waals surface area contributed by atoms with Crippen molar-refractivity contribution in [1.82, 2.24) is 14.4 Å². The number of likely N-dealkylation sites (N-methyl/N-ethyl adjacent to an activating group) is 1. The first-order valence-electron chi connectivity index (χ1n) is 10.2. The van der Waals surface area contributed by atoms with Crippen molar-refractivity contribution in [2.45, 2.75) is 19.8 Å².